The summed E-state index contributed by atoms with van der Waals surface area (Å²) < 4.78 is 26.7. The van der Waals surface area contributed by atoms with E-state index in [4.69, 9.17) is 4.74 Å². The van der Waals surface area contributed by atoms with Gasteiger partial charge in [0.1, 0.15) is 0 Å². The fourth-order valence-corrected chi connectivity index (χ4v) is 9.65. The average Bonchev–Trinajstić information content (AvgIpc) is 3.22. The first-order valence-corrected chi connectivity index (χ1v) is 12.9. The van der Waals surface area contributed by atoms with Gasteiger partial charge in [-0.05, 0) is 47.0 Å². The number of rotatable bonds is 7. The molecule has 1 saturated heterocycles. The number of unbranched alkanes of at least 4 members (excludes halogenated alkanes) is 1. The Hall–Kier alpha value is -0.910. The number of nitrogens with zero attached hydrogens (tertiary/aromatic N) is 4. The van der Waals surface area contributed by atoms with E-state index in [0.717, 1.165) is 32.1 Å². The lowest BCUT2D eigenvalue weighted by atomic mass is 9.89. The minimum Gasteiger partial charge on any atom is -0.467 e. The summed E-state index contributed by atoms with van der Waals surface area (Å²) in [5.74, 6) is -0.333. The topological polar surface area (TPSA) is 65.5 Å². The summed E-state index contributed by atoms with van der Waals surface area (Å²) >= 11 is 0. The van der Waals surface area contributed by atoms with E-state index in [9.17, 15) is 4.79 Å². The van der Waals surface area contributed by atoms with Gasteiger partial charge in [-0.1, -0.05) is 32.6 Å². The van der Waals surface area contributed by atoms with Gasteiger partial charge in [0.05, 0.1) is 19.5 Å². The van der Waals surface area contributed by atoms with Crippen molar-refractivity contribution in [2.75, 3.05) is 7.11 Å². The van der Waals surface area contributed by atoms with Gasteiger partial charge < -0.3 is 4.74 Å². The lowest BCUT2D eigenvalue weighted by Gasteiger charge is -2.43. The largest absolute Gasteiger partial charge is 0.467 e. The fraction of sp³-hybridized carbons (Fsp3) is 0.905. The number of carbonyl (C=O) groups is 1. The predicted octanol–water partition coefficient (Wildman–Crippen LogP) is 4.28. The van der Waals surface area contributed by atoms with Crippen LogP contribution in [-0.2, 0) is 14.1 Å². The number of esters is 1. The molecule has 0 N–H and O–H groups in total. The summed E-state index contributed by atoms with van der Waals surface area (Å²) in [6.07, 6.45) is 9.02. The van der Waals surface area contributed by atoms with E-state index in [2.05, 4.69) is 49.0 Å². The number of aliphatic imine (C=N–C) groups is 1. The van der Waals surface area contributed by atoms with E-state index < -0.39 is 13.6 Å². The van der Waals surface area contributed by atoms with Crippen molar-refractivity contribution < 1.29 is 14.1 Å². The third-order valence-corrected chi connectivity index (χ3v) is 10.4. The Morgan fingerprint density at radius 1 is 1.14 bits per heavy atom. The molecule has 4 atom stereocenters. The molecule has 0 aromatic rings. The van der Waals surface area contributed by atoms with Crippen molar-refractivity contribution in [3.8, 4) is 0 Å². The van der Waals surface area contributed by atoms with Crippen LogP contribution in [0.15, 0.2) is 4.99 Å². The van der Waals surface area contributed by atoms with E-state index in [0.29, 0.717) is 12.1 Å². The van der Waals surface area contributed by atoms with E-state index in [1.165, 1.54) is 20.0 Å². The second kappa shape index (κ2) is 9.07. The van der Waals surface area contributed by atoms with Crippen LogP contribution in [0.3, 0.4) is 0 Å². The molecule has 0 bridgehead atoms. The monoisotopic (exact) mass is 426 g/mol. The van der Waals surface area contributed by atoms with Crippen molar-refractivity contribution >= 4 is 19.9 Å². The predicted molar refractivity (Wildman–Crippen MR) is 117 cm³/mol. The zero-order valence-corrected chi connectivity index (χ0v) is 19.8. The maximum atomic E-state index is 15.1. The molecule has 0 aromatic carbocycles. The van der Waals surface area contributed by atoms with Crippen molar-refractivity contribution in [2.24, 2.45) is 4.99 Å². The molecule has 7 nitrogen and oxygen atoms in total. The van der Waals surface area contributed by atoms with Crippen LogP contribution in [0.4, 0.5) is 0 Å². The van der Waals surface area contributed by atoms with Gasteiger partial charge in [0.2, 0.25) is 0 Å². The van der Waals surface area contributed by atoms with Gasteiger partial charge in [-0.3, -0.25) is 14.2 Å². The number of carbonyl (C=O) groups excluding carboxylic acids is 1. The van der Waals surface area contributed by atoms with Crippen molar-refractivity contribution in [3.63, 3.8) is 0 Å². The lowest BCUT2D eigenvalue weighted by molar-refractivity contribution is -0.142. The van der Waals surface area contributed by atoms with Gasteiger partial charge in [0, 0.05) is 24.2 Å². The summed E-state index contributed by atoms with van der Waals surface area (Å²) in [7, 11) is -1.69. The Labute approximate surface area is 176 Å². The van der Waals surface area contributed by atoms with Crippen LogP contribution >= 0.6 is 7.59 Å². The molecule has 29 heavy (non-hydrogen) atoms. The van der Waals surface area contributed by atoms with Gasteiger partial charge in [0.15, 0.2) is 6.04 Å². The van der Waals surface area contributed by atoms with Crippen LogP contribution in [0.2, 0.25) is 0 Å². The van der Waals surface area contributed by atoms with E-state index in [1.807, 2.05) is 4.67 Å². The third-order valence-electron chi connectivity index (χ3n) is 6.68. The highest BCUT2D eigenvalue weighted by molar-refractivity contribution is 7.57. The van der Waals surface area contributed by atoms with Gasteiger partial charge in [-0.15, -0.1) is 0 Å². The Kier molecular flexibility index (Phi) is 7.12. The first-order chi connectivity index (χ1) is 13.8. The molecule has 0 amide bonds. The third kappa shape index (κ3) is 3.79. The zero-order chi connectivity index (χ0) is 21.3. The Morgan fingerprint density at radius 3 is 2.14 bits per heavy atom. The minimum absolute atomic E-state index is 0.160. The second-order valence-electron chi connectivity index (χ2n) is 9.20. The molecular weight excluding hydrogens is 387 g/mol. The molecule has 3 rings (SSSR count). The van der Waals surface area contributed by atoms with Crippen LogP contribution in [0.25, 0.3) is 0 Å². The Morgan fingerprint density at radius 2 is 1.69 bits per heavy atom. The maximum absolute atomic E-state index is 15.1. The van der Waals surface area contributed by atoms with E-state index >= 15 is 4.57 Å². The summed E-state index contributed by atoms with van der Waals surface area (Å²) in [5.41, 5.74) is 0. The molecule has 3 aliphatic rings. The van der Waals surface area contributed by atoms with Crippen molar-refractivity contribution in [3.05, 3.63) is 0 Å². The number of ether oxygens (including phenoxy) is 1. The summed E-state index contributed by atoms with van der Waals surface area (Å²) in [6, 6.07) is 0.114. The quantitative estimate of drug-likeness (QED) is 0.447. The number of hydrogen-bond donors (Lipinski definition) is 0. The molecule has 1 aliphatic carbocycles. The normalized spacial score (nSPS) is 32.3. The molecule has 166 valence electrons. The number of hydrogen-bond acceptors (Lipinski definition) is 4. The van der Waals surface area contributed by atoms with E-state index in [1.54, 1.807) is 6.34 Å². The molecule has 0 unspecified atom stereocenters. The molecule has 0 spiro atoms. The Bertz CT molecular complexity index is 640. The molecule has 2 heterocycles. The average molecular weight is 427 g/mol. The first-order valence-electron chi connectivity index (χ1n) is 11.4. The molecule has 2 fully saturated rings. The molecular formula is C21H39N4O3P. The highest BCUT2D eigenvalue weighted by Gasteiger charge is 2.61. The van der Waals surface area contributed by atoms with Crippen LogP contribution in [-0.4, -0.2) is 69.7 Å². The number of methoxy groups -OCH3 is 1. The molecule has 1 saturated carbocycles. The van der Waals surface area contributed by atoms with Gasteiger partial charge >= 0.3 is 13.6 Å². The van der Waals surface area contributed by atoms with Crippen LogP contribution in [0.5, 0.6) is 0 Å². The first kappa shape index (κ1) is 22.8. The highest BCUT2D eigenvalue weighted by atomic mass is 31.2. The van der Waals surface area contributed by atoms with Crippen LogP contribution in [0.1, 0.15) is 79.6 Å². The molecule has 2 aliphatic heterocycles. The van der Waals surface area contributed by atoms with Gasteiger partial charge in [-0.2, -0.15) is 0 Å². The van der Waals surface area contributed by atoms with Gasteiger partial charge in [0.25, 0.3) is 0 Å². The smallest absolute Gasteiger partial charge is 0.332 e. The maximum Gasteiger partial charge on any atom is 0.332 e. The Balaban J connectivity index is 2.06. The fourth-order valence-electron chi connectivity index (χ4n) is 5.59. The minimum atomic E-state index is -3.10. The van der Waals surface area contributed by atoms with Crippen LogP contribution in [0, 0.1) is 0 Å². The van der Waals surface area contributed by atoms with Gasteiger partial charge in [-0.25, -0.2) is 14.1 Å². The van der Waals surface area contributed by atoms with Crippen LogP contribution < -0.4 is 0 Å². The number of fused-ring (bicyclic) bond motifs is 1. The molecule has 0 aromatic heterocycles. The molecule has 8 heteroatoms. The lowest BCUT2D eigenvalue weighted by Crippen LogP contribution is -2.46. The highest BCUT2D eigenvalue weighted by Crippen LogP contribution is 2.68. The summed E-state index contributed by atoms with van der Waals surface area (Å²) in [4.78, 5) is 17.0. The van der Waals surface area contributed by atoms with Crippen molar-refractivity contribution in [2.45, 2.75) is 116 Å². The van der Waals surface area contributed by atoms with E-state index in [-0.39, 0.29) is 24.1 Å². The second-order valence-corrected chi connectivity index (χ2v) is 11.6. The van der Waals surface area contributed by atoms with Crippen molar-refractivity contribution in [1.29, 1.82) is 0 Å². The summed E-state index contributed by atoms with van der Waals surface area (Å²) in [6.45, 7) is 10.7. The molecule has 0 radical (unpaired) electrons. The van der Waals surface area contributed by atoms with Crippen molar-refractivity contribution in [1.82, 2.24) is 14.0 Å². The zero-order valence-electron chi connectivity index (χ0n) is 19.0. The SMILES string of the molecule is CCCC[C@H]1[C@H](C(=O)OC)N=CN1P1(=O)N(C(C)C)[C@@H]2CCCC[C@H]2N1C(C)C. The standard InChI is InChI=1S/C21H39N4O3P/c1-7-8-11-19-20(21(26)28-6)22-14-23(19)29(27)24(15(2)3)17-12-9-10-13-18(17)25(29)16(4)5/h14-20H,7-13H2,1-6H3/t17-,18-,19+,20-/m1/s1. The summed E-state index contributed by atoms with van der Waals surface area (Å²) in [5, 5.41) is 0.